The predicted molar refractivity (Wildman–Crippen MR) is 62.8 cm³/mol. The van der Waals surface area contributed by atoms with Gasteiger partial charge in [-0.15, -0.1) is 11.3 Å². The van der Waals surface area contributed by atoms with E-state index in [0.717, 1.165) is 0 Å². The fourth-order valence-electron chi connectivity index (χ4n) is 0.944. The van der Waals surface area contributed by atoms with Gasteiger partial charge < -0.3 is 4.74 Å². The summed E-state index contributed by atoms with van der Waals surface area (Å²) in [6.45, 7) is -0.640. The van der Waals surface area contributed by atoms with Crippen LogP contribution in [0.4, 0.5) is 8.78 Å². The van der Waals surface area contributed by atoms with Gasteiger partial charge in [0.2, 0.25) is 0 Å². The molecule has 0 aromatic carbocycles. The van der Waals surface area contributed by atoms with Gasteiger partial charge in [0, 0.05) is 6.42 Å². The largest absolute Gasteiger partial charge is 0.375 e. The Morgan fingerprint density at radius 2 is 2.31 bits per heavy atom. The van der Waals surface area contributed by atoms with Crippen LogP contribution in [-0.2, 0) is 4.74 Å². The van der Waals surface area contributed by atoms with Crippen molar-refractivity contribution < 1.29 is 18.3 Å². The van der Waals surface area contributed by atoms with Gasteiger partial charge in [0.25, 0.3) is 6.43 Å². The molecule has 0 aliphatic carbocycles. The lowest BCUT2D eigenvalue weighted by molar-refractivity contribution is 0.0170. The van der Waals surface area contributed by atoms with Gasteiger partial charge in [-0.25, -0.2) is 8.78 Å². The number of thiophene rings is 1. The molecule has 16 heavy (non-hydrogen) atoms. The number of ketones is 1. The van der Waals surface area contributed by atoms with E-state index >= 15 is 0 Å². The molecule has 0 bridgehead atoms. The van der Waals surface area contributed by atoms with E-state index < -0.39 is 13.0 Å². The number of carbonyl (C=O) groups is 1. The second-order valence-corrected chi connectivity index (χ2v) is 5.65. The quantitative estimate of drug-likeness (QED) is 0.580. The van der Waals surface area contributed by atoms with Crippen LogP contribution in [0.1, 0.15) is 16.1 Å². The van der Waals surface area contributed by atoms with E-state index in [1.54, 1.807) is 6.07 Å². The molecule has 1 aromatic rings. The van der Waals surface area contributed by atoms with E-state index in [9.17, 15) is 13.6 Å². The number of carbonyl (C=O) groups excluding carboxylic acids is 1. The molecule has 0 aliphatic heterocycles. The molecule has 7 heteroatoms. The molecule has 2 nitrogen and oxygen atoms in total. The second-order valence-electron chi connectivity index (χ2n) is 2.87. The Morgan fingerprint density at radius 1 is 1.62 bits per heavy atom. The first kappa shape index (κ1) is 14.0. The Hall–Kier alpha value is -0.0400. The topological polar surface area (TPSA) is 26.3 Å². The van der Waals surface area contributed by atoms with Crippen LogP contribution in [0, 0.1) is 0 Å². The molecule has 0 spiro atoms. The highest BCUT2D eigenvalue weighted by molar-refractivity contribution is 9.11. The normalized spacial score (nSPS) is 11.1. The van der Waals surface area contributed by atoms with Crippen molar-refractivity contribution in [2.24, 2.45) is 0 Å². The monoisotopic (exact) mass is 332 g/mol. The molecule has 1 aromatic heterocycles. The summed E-state index contributed by atoms with van der Waals surface area (Å²) in [5.41, 5.74) is 0. The van der Waals surface area contributed by atoms with Gasteiger partial charge >= 0.3 is 0 Å². The summed E-state index contributed by atoms with van der Waals surface area (Å²) >= 11 is 10.2. The highest BCUT2D eigenvalue weighted by Gasteiger charge is 2.12. The molecule has 0 saturated carbocycles. The Kier molecular flexibility index (Phi) is 5.82. The van der Waals surface area contributed by atoms with Crippen molar-refractivity contribution in [2.45, 2.75) is 12.8 Å². The molecule has 0 aliphatic rings. The number of rotatable bonds is 6. The maximum Gasteiger partial charge on any atom is 0.261 e. The lowest BCUT2D eigenvalue weighted by atomic mass is 10.2. The minimum Gasteiger partial charge on any atom is -0.375 e. The van der Waals surface area contributed by atoms with E-state index in [2.05, 4.69) is 20.7 Å². The van der Waals surface area contributed by atoms with E-state index in [1.807, 2.05) is 0 Å². The number of Topliss-reactive ketones (excluding diaryl/α,β-unsaturated/α-hetero) is 1. The highest BCUT2D eigenvalue weighted by Crippen LogP contribution is 2.32. The van der Waals surface area contributed by atoms with Crippen LogP contribution in [-0.4, -0.2) is 25.4 Å². The summed E-state index contributed by atoms with van der Waals surface area (Å²) in [6.07, 6.45) is -2.42. The second kappa shape index (κ2) is 6.64. The zero-order valence-corrected chi connectivity index (χ0v) is 11.2. The van der Waals surface area contributed by atoms with Crippen LogP contribution >= 0.6 is 38.9 Å². The van der Waals surface area contributed by atoms with Gasteiger partial charge in [-0.3, -0.25) is 4.79 Å². The molecule has 1 heterocycles. The summed E-state index contributed by atoms with van der Waals surface area (Å²) < 4.78 is 28.7. The lowest BCUT2D eigenvalue weighted by Crippen LogP contribution is -2.08. The first-order valence-electron chi connectivity index (χ1n) is 4.34. The Balaban J connectivity index is 2.35. The zero-order chi connectivity index (χ0) is 12.1. The fourth-order valence-corrected chi connectivity index (χ4v) is 2.61. The first-order valence-corrected chi connectivity index (χ1v) is 6.33. The van der Waals surface area contributed by atoms with Crippen LogP contribution in [0.3, 0.4) is 0 Å². The average molecular weight is 334 g/mol. The molecule has 1 rings (SSSR count). The molecule has 0 atom stereocenters. The Labute approximate surface area is 109 Å². The van der Waals surface area contributed by atoms with Crippen molar-refractivity contribution in [1.29, 1.82) is 0 Å². The summed E-state index contributed by atoms with van der Waals surface area (Å²) in [6, 6.07) is 1.55. The minimum atomic E-state index is -2.50. The number of alkyl halides is 2. The van der Waals surface area contributed by atoms with Gasteiger partial charge in [-0.2, -0.15) is 0 Å². The van der Waals surface area contributed by atoms with Gasteiger partial charge in [0.1, 0.15) is 6.61 Å². The molecule has 0 amide bonds. The summed E-state index contributed by atoms with van der Waals surface area (Å²) in [4.78, 5) is 12.0. The van der Waals surface area contributed by atoms with Crippen LogP contribution in [0.5, 0.6) is 0 Å². The van der Waals surface area contributed by atoms with Crippen molar-refractivity contribution in [3.63, 3.8) is 0 Å². The van der Waals surface area contributed by atoms with Crippen LogP contribution in [0.15, 0.2) is 9.85 Å². The van der Waals surface area contributed by atoms with Crippen molar-refractivity contribution >= 4 is 44.7 Å². The SMILES string of the molecule is O=C(CCOCC(F)F)c1cc(Cl)c(Br)s1. The Morgan fingerprint density at radius 3 is 2.81 bits per heavy atom. The fraction of sp³-hybridized carbons (Fsp3) is 0.444. The average Bonchev–Trinajstić information content (AvgIpc) is 2.54. The molecule has 0 unspecified atom stereocenters. The van der Waals surface area contributed by atoms with Crippen molar-refractivity contribution in [3.8, 4) is 0 Å². The van der Waals surface area contributed by atoms with Crippen LogP contribution < -0.4 is 0 Å². The number of ether oxygens (including phenoxy) is 1. The van der Waals surface area contributed by atoms with Crippen molar-refractivity contribution in [3.05, 3.63) is 19.8 Å². The molecule has 0 saturated heterocycles. The molecule has 0 radical (unpaired) electrons. The maximum absolute atomic E-state index is 11.7. The van der Waals surface area contributed by atoms with E-state index in [4.69, 9.17) is 11.6 Å². The van der Waals surface area contributed by atoms with Crippen LogP contribution in [0.25, 0.3) is 0 Å². The first-order chi connectivity index (χ1) is 7.50. The summed E-state index contributed by atoms with van der Waals surface area (Å²) in [5, 5.41) is 0.474. The third-order valence-electron chi connectivity index (χ3n) is 1.64. The number of hydrogen-bond acceptors (Lipinski definition) is 3. The van der Waals surface area contributed by atoms with Gasteiger partial charge in [-0.05, 0) is 22.0 Å². The standard InChI is InChI=1S/C9H8BrClF2O2S/c10-9-5(11)3-7(16-9)6(14)1-2-15-4-8(12)13/h3,8H,1-2,4H2. The Bertz CT molecular complexity index is 351. The molecule has 0 fully saturated rings. The van der Waals surface area contributed by atoms with E-state index in [0.29, 0.717) is 13.7 Å². The van der Waals surface area contributed by atoms with E-state index in [-0.39, 0.29) is 18.8 Å². The van der Waals surface area contributed by atoms with Gasteiger partial charge in [0.15, 0.2) is 5.78 Å². The maximum atomic E-state index is 11.7. The van der Waals surface area contributed by atoms with Crippen molar-refractivity contribution in [2.75, 3.05) is 13.2 Å². The van der Waals surface area contributed by atoms with Gasteiger partial charge in [0.05, 0.1) is 20.3 Å². The molecular formula is C9H8BrClF2O2S. The molecule has 0 N–H and O–H groups in total. The minimum absolute atomic E-state index is 0.00366. The van der Waals surface area contributed by atoms with E-state index in [1.165, 1.54) is 11.3 Å². The summed E-state index contributed by atoms with van der Waals surface area (Å²) in [7, 11) is 0. The third kappa shape index (κ3) is 4.45. The number of halogens is 4. The smallest absolute Gasteiger partial charge is 0.261 e. The van der Waals surface area contributed by atoms with Crippen LogP contribution in [0.2, 0.25) is 5.02 Å². The number of hydrogen-bond donors (Lipinski definition) is 0. The third-order valence-corrected chi connectivity index (χ3v) is 4.15. The summed E-state index contributed by atoms with van der Waals surface area (Å²) in [5.74, 6) is -0.160. The predicted octanol–water partition coefficient (Wildman–Crippen LogP) is 4.02. The highest BCUT2D eigenvalue weighted by atomic mass is 79.9. The zero-order valence-electron chi connectivity index (χ0n) is 8.01. The molecule has 90 valence electrons. The molecular weight excluding hydrogens is 326 g/mol. The lowest BCUT2D eigenvalue weighted by Gasteiger charge is -2.01. The van der Waals surface area contributed by atoms with Gasteiger partial charge in [-0.1, -0.05) is 11.6 Å². The van der Waals surface area contributed by atoms with Crippen molar-refractivity contribution in [1.82, 2.24) is 0 Å².